The quantitative estimate of drug-likeness (QED) is 0.706. The fraction of sp³-hybridized carbons (Fsp3) is 0.500. The van der Waals surface area contributed by atoms with Crippen molar-refractivity contribution in [2.75, 3.05) is 13.7 Å². The molecule has 0 amide bonds. The largest absolute Gasteiger partial charge is 0.379 e. The number of methoxy groups -OCH3 is 1. The smallest absolute Gasteiger partial charge is 0.0783 e. The lowest BCUT2D eigenvalue weighted by atomic mass is 10.7. The first-order valence-corrected chi connectivity index (χ1v) is 3.46. The molecule has 0 aliphatic carbocycles. The third kappa shape index (κ3) is 4.51. The first-order valence-electron chi connectivity index (χ1n) is 1.75. The summed E-state index contributed by atoms with van der Waals surface area (Å²) in [6.45, 7) is 0.630. The minimum atomic E-state index is 0.630. The summed E-state index contributed by atoms with van der Waals surface area (Å²) in [5.74, 6) is 0. The average molecular weight is 230 g/mol. The standard InChI is InChI=1S/C4H6Br2O/c1-7-3-4(6)2-5/h2H,3H2,1H3. The highest BCUT2D eigenvalue weighted by Gasteiger charge is 1.83. The van der Waals surface area contributed by atoms with E-state index in [4.69, 9.17) is 4.74 Å². The molecule has 7 heavy (non-hydrogen) atoms. The van der Waals surface area contributed by atoms with Gasteiger partial charge in [0, 0.05) is 11.6 Å². The molecule has 3 heteroatoms. The van der Waals surface area contributed by atoms with E-state index in [0.29, 0.717) is 6.61 Å². The van der Waals surface area contributed by atoms with Crippen molar-refractivity contribution in [1.29, 1.82) is 0 Å². The zero-order chi connectivity index (χ0) is 5.70. The minimum absolute atomic E-state index is 0.630. The molecule has 0 radical (unpaired) electrons. The van der Waals surface area contributed by atoms with Crippen molar-refractivity contribution in [2.24, 2.45) is 0 Å². The lowest BCUT2D eigenvalue weighted by molar-refractivity contribution is 0.232. The molecule has 0 N–H and O–H groups in total. The van der Waals surface area contributed by atoms with E-state index in [0.717, 1.165) is 4.48 Å². The summed E-state index contributed by atoms with van der Waals surface area (Å²) in [6, 6.07) is 0. The van der Waals surface area contributed by atoms with E-state index in [-0.39, 0.29) is 0 Å². The van der Waals surface area contributed by atoms with Crippen LogP contribution in [0.2, 0.25) is 0 Å². The van der Waals surface area contributed by atoms with Gasteiger partial charge in [-0.25, -0.2) is 0 Å². The summed E-state index contributed by atoms with van der Waals surface area (Å²) >= 11 is 6.35. The number of rotatable bonds is 2. The van der Waals surface area contributed by atoms with Crippen molar-refractivity contribution < 1.29 is 4.74 Å². The Hall–Kier alpha value is 0.660. The molecule has 0 saturated carbocycles. The molecule has 0 aromatic carbocycles. The van der Waals surface area contributed by atoms with Crippen molar-refractivity contribution >= 4 is 31.9 Å². The summed E-state index contributed by atoms with van der Waals surface area (Å²) < 4.78 is 5.76. The van der Waals surface area contributed by atoms with Crippen LogP contribution in [0, 0.1) is 0 Å². The van der Waals surface area contributed by atoms with Gasteiger partial charge in [0.15, 0.2) is 0 Å². The zero-order valence-corrected chi connectivity index (χ0v) is 7.12. The molecule has 0 fully saturated rings. The molecule has 0 atom stereocenters. The summed E-state index contributed by atoms with van der Waals surface area (Å²) in [4.78, 5) is 1.77. The van der Waals surface area contributed by atoms with E-state index < -0.39 is 0 Å². The van der Waals surface area contributed by atoms with Gasteiger partial charge in [0.1, 0.15) is 0 Å². The molecule has 1 nitrogen and oxygen atoms in total. The fourth-order valence-corrected chi connectivity index (χ4v) is 0.530. The fourth-order valence-electron chi connectivity index (χ4n) is 0.169. The van der Waals surface area contributed by atoms with Gasteiger partial charge in [0.25, 0.3) is 0 Å². The highest BCUT2D eigenvalue weighted by atomic mass is 79.9. The third-order valence-electron chi connectivity index (χ3n) is 0.401. The van der Waals surface area contributed by atoms with Gasteiger partial charge in [-0.15, -0.1) is 0 Å². The molecule has 0 aliphatic heterocycles. The maximum atomic E-state index is 4.75. The SMILES string of the molecule is COCC(Br)=CBr. The second-order valence-electron chi connectivity index (χ2n) is 0.989. The predicted octanol–water partition coefficient (Wildman–Crippen LogP) is 2.26. The van der Waals surface area contributed by atoms with Crippen LogP contribution in [0.3, 0.4) is 0 Å². The summed E-state index contributed by atoms with van der Waals surface area (Å²) in [5.41, 5.74) is 0. The second-order valence-corrected chi connectivity index (χ2v) is 2.47. The van der Waals surface area contributed by atoms with Gasteiger partial charge in [-0.3, -0.25) is 0 Å². The molecule has 0 bridgehead atoms. The van der Waals surface area contributed by atoms with E-state index in [9.17, 15) is 0 Å². The molecule has 0 aromatic rings. The van der Waals surface area contributed by atoms with Gasteiger partial charge < -0.3 is 4.74 Å². The van der Waals surface area contributed by atoms with Crippen LogP contribution in [0.4, 0.5) is 0 Å². The van der Waals surface area contributed by atoms with Crippen molar-refractivity contribution in [2.45, 2.75) is 0 Å². The van der Waals surface area contributed by atoms with Gasteiger partial charge in [0.2, 0.25) is 0 Å². The Bertz CT molecular complexity index is 70.1. The average Bonchev–Trinajstić information content (AvgIpc) is 1.68. The Morgan fingerprint density at radius 2 is 2.43 bits per heavy atom. The van der Waals surface area contributed by atoms with Crippen LogP contribution in [0.25, 0.3) is 0 Å². The van der Waals surface area contributed by atoms with Gasteiger partial charge >= 0.3 is 0 Å². The minimum Gasteiger partial charge on any atom is -0.379 e. The molecular weight excluding hydrogens is 224 g/mol. The van der Waals surface area contributed by atoms with Gasteiger partial charge in [-0.05, 0) is 4.99 Å². The van der Waals surface area contributed by atoms with E-state index in [1.54, 1.807) is 12.1 Å². The summed E-state index contributed by atoms with van der Waals surface area (Å²) in [7, 11) is 1.65. The number of halogens is 2. The Morgan fingerprint density at radius 1 is 1.86 bits per heavy atom. The second kappa shape index (κ2) is 4.81. The number of hydrogen-bond donors (Lipinski definition) is 0. The summed E-state index contributed by atoms with van der Waals surface area (Å²) in [5, 5.41) is 0. The van der Waals surface area contributed by atoms with Crippen molar-refractivity contribution in [3.63, 3.8) is 0 Å². The van der Waals surface area contributed by atoms with Crippen molar-refractivity contribution in [3.8, 4) is 0 Å². The monoisotopic (exact) mass is 228 g/mol. The van der Waals surface area contributed by atoms with Crippen LogP contribution >= 0.6 is 31.9 Å². The number of hydrogen-bond acceptors (Lipinski definition) is 1. The molecule has 42 valence electrons. The molecule has 0 aliphatic rings. The van der Waals surface area contributed by atoms with Crippen molar-refractivity contribution in [1.82, 2.24) is 0 Å². The molecule has 0 aromatic heterocycles. The van der Waals surface area contributed by atoms with Crippen LogP contribution in [0.1, 0.15) is 0 Å². The third-order valence-corrected chi connectivity index (χ3v) is 2.03. The predicted molar refractivity (Wildman–Crippen MR) is 37.8 cm³/mol. The Morgan fingerprint density at radius 3 is 2.57 bits per heavy atom. The van der Waals surface area contributed by atoms with Crippen LogP contribution in [0.15, 0.2) is 9.47 Å². The van der Waals surface area contributed by atoms with Gasteiger partial charge in [0.05, 0.1) is 6.61 Å². The highest BCUT2D eigenvalue weighted by molar-refractivity contribution is 9.14. The first-order chi connectivity index (χ1) is 3.31. The zero-order valence-electron chi connectivity index (χ0n) is 3.95. The van der Waals surface area contributed by atoms with Crippen LogP contribution in [-0.4, -0.2) is 13.7 Å². The van der Waals surface area contributed by atoms with Crippen LogP contribution in [-0.2, 0) is 4.74 Å². The first kappa shape index (κ1) is 7.66. The van der Waals surface area contributed by atoms with E-state index >= 15 is 0 Å². The molecule has 0 heterocycles. The van der Waals surface area contributed by atoms with E-state index in [1.807, 2.05) is 0 Å². The maximum Gasteiger partial charge on any atom is 0.0783 e. The molecular formula is C4H6Br2O. The van der Waals surface area contributed by atoms with Crippen molar-refractivity contribution in [3.05, 3.63) is 9.47 Å². The Balaban J connectivity index is 3.17. The normalized spacial score (nSPS) is 12.1. The van der Waals surface area contributed by atoms with E-state index in [2.05, 4.69) is 31.9 Å². The van der Waals surface area contributed by atoms with Gasteiger partial charge in [-0.2, -0.15) is 0 Å². The van der Waals surface area contributed by atoms with E-state index in [1.165, 1.54) is 0 Å². The number of ether oxygens (including phenoxy) is 1. The Labute approximate surface area is 60.0 Å². The molecule has 0 saturated heterocycles. The lowest BCUT2D eigenvalue weighted by Crippen LogP contribution is -1.83. The van der Waals surface area contributed by atoms with Crippen LogP contribution in [0.5, 0.6) is 0 Å². The maximum absolute atomic E-state index is 4.75. The molecule has 0 rings (SSSR count). The summed E-state index contributed by atoms with van der Waals surface area (Å²) in [6.07, 6.45) is 0. The highest BCUT2D eigenvalue weighted by Crippen LogP contribution is 2.06. The van der Waals surface area contributed by atoms with Crippen LogP contribution < -0.4 is 0 Å². The van der Waals surface area contributed by atoms with Gasteiger partial charge in [-0.1, -0.05) is 31.9 Å². The molecule has 0 unspecified atom stereocenters. The lowest BCUT2D eigenvalue weighted by Gasteiger charge is -1.90. The Kier molecular flexibility index (Phi) is 5.26. The topological polar surface area (TPSA) is 9.23 Å². The molecule has 0 spiro atoms.